The molecule has 0 amide bonds. The summed E-state index contributed by atoms with van der Waals surface area (Å²) >= 11 is 7.33. The van der Waals surface area contributed by atoms with Crippen LogP contribution in [0, 0.1) is 0 Å². The van der Waals surface area contributed by atoms with Crippen molar-refractivity contribution in [3.63, 3.8) is 0 Å². The van der Waals surface area contributed by atoms with Crippen LogP contribution in [-0.4, -0.2) is 22.8 Å². The van der Waals surface area contributed by atoms with Gasteiger partial charge in [0.2, 0.25) is 0 Å². The number of nitrogens with zero attached hydrogens (tertiary/aromatic N) is 1. The lowest BCUT2D eigenvalue weighted by atomic mass is 10.1. The highest BCUT2D eigenvalue weighted by Gasteiger charge is 2.25. The lowest BCUT2D eigenvalue weighted by Crippen LogP contribution is -2.17. The third-order valence-electron chi connectivity index (χ3n) is 2.52. The third-order valence-corrected chi connectivity index (χ3v) is 3.76. The van der Waals surface area contributed by atoms with Gasteiger partial charge in [0, 0.05) is 12.0 Å². The molecular formula is C10H8ClNO2S. The molecule has 0 spiro atoms. The summed E-state index contributed by atoms with van der Waals surface area (Å²) in [6.07, 6.45) is 0.619. The van der Waals surface area contributed by atoms with E-state index in [0.717, 1.165) is 28.0 Å². The maximum atomic E-state index is 9.05. The molecular weight excluding hydrogens is 234 g/mol. The summed E-state index contributed by atoms with van der Waals surface area (Å²) < 4.78 is 7.18. The standard InChI is InChI=1S/C10H8ClNO2S/c11-10-12-7-1-2-8-6(9(7)15-10)3-5(4-13)14-8/h1-2,5,13H,3-4H2/t5-/m1/s1. The summed E-state index contributed by atoms with van der Waals surface area (Å²) in [5.74, 6) is 0.849. The van der Waals surface area contributed by atoms with Crippen LogP contribution in [0.3, 0.4) is 0 Å². The predicted molar refractivity (Wildman–Crippen MR) is 59.8 cm³/mol. The molecule has 78 valence electrons. The monoisotopic (exact) mass is 241 g/mol. The lowest BCUT2D eigenvalue weighted by Gasteiger charge is -2.04. The van der Waals surface area contributed by atoms with Crippen molar-refractivity contribution in [1.82, 2.24) is 4.98 Å². The maximum Gasteiger partial charge on any atom is 0.184 e. The molecule has 1 aromatic heterocycles. The van der Waals surface area contributed by atoms with Crippen molar-refractivity contribution in [3.8, 4) is 5.75 Å². The highest BCUT2D eigenvalue weighted by Crippen LogP contribution is 2.38. The molecule has 0 aliphatic carbocycles. The zero-order valence-electron chi connectivity index (χ0n) is 7.74. The Labute approximate surface area is 95.3 Å². The highest BCUT2D eigenvalue weighted by molar-refractivity contribution is 7.22. The van der Waals surface area contributed by atoms with Crippen molar-refractivity contribution in [2.24, 2.45) is 0 Å². The minimum absolute atomic E-state index is 0.0444. The fraction of sp³-hybridized carbons (Fsp3) is 0.300. The average molecular weight is 242 g/mol. The smallest absolute Gasteiger partial charge is 0.184 e. The highest BCUT2D eigenvalue weighted by atomic mass is 35.5. The van der Waals surface area contributed by atoms with E-state index in [9.17, 15) is 0 Å². The Hall–Kier alpha value is -0.840. The van der Waals surface area contributed by atoms with Crippen LogP contribution in [0.2, 0.25) is 4.47 Å². The van der Waals surface area contributed by atoms with Crippen molar-refractivity contribution in [3.05, 3.63) is 22.2 Å². The molecule has 3 nitrogen and oxygen atoms in total. The summed E-state index contributed by atoms with van der Waals surface area (Å²) in [7, 11) is 0. The van der Waals surface area contributed by atoms with Gasteiger partial charge >= 0.3 is 0 Å². The Balaban J connectivity index is 2.20. The van der Waals surface area contributed by atoms with E-state index < -0.39 is 0 Å². The van der Waals surface area contributed by atoms with Crippen LogP contribution in [-0.2, 0) is 6.42 Å². The van der Waals surface area contributed by atoms with Crippen molar-refractivity contribution in [1.29, 1.82) is 0 Å². The van der Waals surface area contributed by atoms with E-state index in [1.807, 2.05) is 12.1 Å². The second kappa shape index (κ2) is 3.33. The van der Waals surface area contributed by atoms with E-state index in [-0.39, 0.29) is 12.7 Å². The summed E-state index contributed by atoms with van der Waals surface area (Å²) in [4.78, 5) is 4.21. The van der Waals surface area contributed by atoms with Gasteiger partial charge < -0.3 is 9.84 Å². The van der Waals surface area contributed by atoms with Gasteiger partial charge in [-0.15, -0.1) is 11.3 Å². The van der Waals surface area contributed by atoms with Crippen LogP contribution in [0.25, 0.3) is 10.2 Å². The van der Waals surface area contributed by atoms with E-state index in [4.69, 9.17) is 21.4 Å². The Morgan fingerprint density at radius 2 is 2.47 bits per heavy atom. The van der Waals surface area contributed by atoms with E-state index in [1.165, 1.54) is 11.3 Å². The second-order valence-electron chi connectivity index (χ2n) is 3.48. The van der Waals surface area contributed by atoms with Crippen molar-refractivity contribution in [2.45, 2.75) is 12.5 Å². The normalized spacial score (nSPS) is 19.2. The zero-order valence-corrected chi connectivity index (χ0v) is 9.31. The molecule has 1 atom stereocenters. The molecule has 2 heterocycles. The van der Waals surface area contributed by atoms with Crippen molar-refractivity contribution >= 4 is 33.2 Å². The van der Waals surface area contributed by atoms with Crippen molar-refractivity contribution < 1.29 is 9.84 Å². The van der Waals surface area contributed by atoms with Gasteiger partial charge in [0.25, 0.3) is 0 Å². The number of fused-ring (bicyclic) bond motifs is 3. The van der Waals surface area contributed by atoms with Gasteiger partial charge in [0.15, 0.2) is 4.47 Å². The minimum atomic E-state index is -0.119. The summed E-state index contributed by atoms with van der Waals surface area (Å²) in [5, 5.41) is 9.05. The van der Waals surface area contributed by atoms with Crippen molar-refractivity contribution in [2.75, 3.05) is 6.61 Å². The average Bonchev–Trinajstić information content (AvgIpc) is 2.78. The van der Waals surface area contributed by atoms with Crippen LogP contribution >= 0.6 is 22.9 Å². The molecule has 0 saturated heterocycles. The summed E-state index contributed by atoms with van der Waals surface area (Å²) in [6, 6.07) is 3.79. The number of rotatable bonds is 1. The number of benzene rings is 1. The first kappa shape index (κ1) is 9.39. The van der Waals surface area contributed by atoms with Gasteiger partial charge in [-0.25, -0.2) is 4.98 Å². The molecule has 1 aliphatic rings. The van der Waals surface area contributed by atoms with Gasteiger partial charge in [0.1, 0.15) is 11.9 Å². The van der Waals surface area contributed by atoms with E-state index >= 15 is 0 Å². The largest absolute Gasteiger partial charge is 0.487 e. The molecule has 1 aromatic carbocycles. The SMILES string of the molecule is OC[C@H]1Cc2c(ccc3nc(Cl)sc23)O1. The van der Waals surface area contributed by atoms with E-state index in [0.29, 0.717) is 4.47 Å². The molecule has 0 fully saturated rings. The molecule has 3 rings (SSSR count). The number of aromatic nitrogens is 1. The lowest BCUT2D eigenvalue weighted by molar-refractivity contribution is 0.134. The molecule has 1 N–H and O–H groups in total. The Bertz CT molecular complexity index is 525. The first-order chi connectivity index (χ1) is 7.28. The van der Waals surface area contributed by atoms with Crippen LogP contribution in [0.5, 0.6) is 5.75 Å². The van der Waals surface area contributed by atoms with Gasteiger partial charge in [-0.3, -0.25) is 0 Å². The number of thiazole rings is 1. The number of aliphatic hydroxyl groups is 1. The third kappa shape index (κ3) is 1.40. The maximum absolute atomic E-state index is 9.05. The molecule has 2 aromatic rings. The van der Waals surface area contributed by atoms with Gasteiger partial charge in [-0.2, -0.15) is 0 Å². The number of aliphatic hydroxyl groups excluding tert-OH is 1. The van der Waals surface area contributed by atoms with Gasteiger partial charge in [-0.1, -0.05) is 11.6 Å². The summed E-state index contributed by atoms with van der Waals surface area (Å²) in [5.41, 5.74) is 2.03. The Morgan fingerprint density at radius 1 is 1.60 bits per heavy atom. The summed E-state index contributed by atoms with van der Waals surface area (Å²) in [6.45, 7) is 0.0444. The molecule has 15 heavy (non-hydrogen) atoms. The number of hydrogen-bond acceptors (Lipinski definition) is 4. The van der Waals surface area contributed by atoms with E-state index in [1.54, 1.807) is 0 Å². The molecule has 0 radical (unpaired) electrons. The van der Waals surface area contributed by atoms with Crippen LogP contribution in [0.1, 0.15) is 5.56 Å². The predicted octanol–water partition coefficient (Wildman–Crippen LogP) is 2.25. The molecule has 1 aliphatic heterocycles. The second-order valence-corrected chi connectivity index (χ2v) is 5.07. The van der Waals surface area contributed by atoms with Gasteiger partial charge in [0.05, 0.1) is 16.8 Å². The van der Waals surface area contributed by atoms with Crippen LogP contribution in [0.15, 0.2) is 12.1 Å². The number of hydrogen-bond donors (Lipinski definition) is 1. The minimum Gasteiger partial charge on any atom is -0.487 e. The first-order valence-corrected chi connectivity index (χ1v) is 5.83. The van der Waals surface area contributed by atoms with E-state index in [2.05, 4.69) is 4.98 Å². The number of ether oxygens (including phenoxy) is 1. The topological polar surface area (TPSA) is 42.4 Å². The van der Waals surface area contributed by atoms with Crippen LogP contribution in [0.4, 0.5) is 0 Å². The first-order valence-electron chi connectivity index (χ1n) is 4.63. The Morgan fingerprint density at radius 3 is 3.27 bits per heavy atom. The quantitative estimate of drug-likeness (QED) is 0.833. The zero-order chi connectivity index (χ0) is 10.4. The van der Waals surface area contributed by atoms with Crippen LogP contribution < -0.4 is 4.74 Å². The molecule has 0 saturated carbocycles. The molecule has 5 heteroatoms. The molecule has 0 bridgehead atoms. The fourth-order valence-corrected chi connectivity index (χ4v) is 3.02. The Kier molecular flexibility index (Phi) is 2.09. The number of halogens is 1. The molecule has 0 unspecified atom stereocenters. The van der Waals surface area contributed by atoms with Gasteiger partial charge in [-0.05, 0) is 12.1 Å². The fourth-order valence-electron chi connectivity index (χ4n) is 1.86.